The number of fused-ring (bicyclic) bond motifs is 2. The number of nitriles is 1. The van der Waals surface area contributed by atoms with Crippen molar-refractivity contribution in [1.82, 2.24) is 9.88 Å². The summed E-state index contributed by atoms with van der Waals surface area (Å²) in [4.78, 5) is 21.7. The zero-order valence-corrected chi connectivity index (χ0v) is 18.9. The van der Waals surface area contributed by atoms with Crippen LogP contribution in [0.2, 0.25) is 0 Å². The van der Waals surface area contributed by atoms with Crippen LogP contribution >= 0.6 is 0 Å². The van der Waals surface area contributed by atoms with Crippen LogP contribution in [0.3, 0.4) is 0 Å². The summed E-state index contributed by atoms with van der Waals surface area (Å²) in [6, 6.07) is 9.66. The van der Waals surface area contributed by atoms with Gasteiger partial charge < -0.3 is 19.3 Å². The second kappa shape index (κ2) is 8.93. The molecule has 0 spiro atoms. The Morgan fingerprint density at radius 1 is 1.29 bits per heavy atom. The number of anilines is 1. The quantitative estimate of drug-likeness (QED) is 0.672. The van der Waals surface area contributed by atoms with Gasteiger partial charge >= 0.3 is 0 Å². The Morgan fingerprint density at radius 2 is 2.15 bits per heavy atom. The minimum absolute atomic E-state index is 0.123. The highest BCUT2D eigenvalue weighted by atomic mass is 19.2. The number of likely N-dealkylation sites (tertiary alicyclic amines) is 1. The van der Waals surface area contributed by atoms with Gasteiger partial charge in [0, 0.05) is 38.4 Å². The molecule has 5 rings (SSSR count). The number of pyridine rings is 1. The summed E-state index contributed by atoms with van der Waals surface area (Å²) < 4.78 is 38.9. The Morgan fingerprint density at radius 3 is 2.79 bits per heavy atom. The molecule has 1 aromatic carbocycles. The number of carbonyl (C=O) groups excluding carboxylic acids is 1. The van der Waals surface area contributed by atoms with Crippen molar-refractivity contribution in [3.63, 3.8) is 0 Å². The van der Waals surface area contributed by atoms with E-state index in [1.165, 1.54) is 6.07 Å². The Hall–Kier alpha value is -3.09. The number of hydrogen-bond acceptors (Lipinski definition) is 6. The number of ether oxygens (including phenoxy) is 2. The maximum absolute atomic E-state index is 13.9. The van der Waals surface area contributed by atoms with E-state index in [-0.39, 0.29) is 31.2 Å². The zero-order valence-electron chi connectivity index (χ0n) is 18.9. The van der Waals surface area contributed by atoms with Crippen molar-refractivity contribution in [3.8, 4) is 6.07 Å². The molecule has 2 bridgehead atoms. The van der Waals surface area contributed by atoms with E-state index in [0.717, 1.165) is 24.4 Å². The lowest BCUT2D eigenvalue weighted by Gasteiger charge is -2.42. The molecule has 9 heteroatoms. The minimum Gasteiger partial charge on any atom is -0.378 e. The maximum atomic E-state index is 13.9. The number of amides is 1. The van der Waals surface area contributed by atoms with Crippen LogP contribution in [0.5, 0.6) is 0 Å². The third-order valence-electron chi connectivity index (χ3n) is 7.29. The average molecular weight is 469 g/mol. The first kappa shape index (κ1) is 22.7. The smallest absolute Gasteiger partial charge is 0.248 e. The van der Waals surface area contributed by atoms with Crippen LogP contribution in [0.1, 0.15) is 30.9 Å². The molecule has 178 valence electrons. The van der Waals surface area contributed by atoms with Crippen molar-refractivity contribution in [2.45, 2.75) is 37.5 Å². The molecule has 3 unspecified atom stereocenters. The molecule has 0 aliphatic carbocycles. The summed E-state index contributed by atoms with van der Waals surface area (Å²) in [6.07, 6.45) is 2.99. The minimum atomic E-state index is -0.968. The van der Waals surface area contributed by atoms with Gasteiger partial charge in [0.2, 0.25) is 5.91 Å². The molecular formula is C25H26F2N4O3. The molecule has 0 saturated carbocycles. The van der Waals surface area contributed by atoms with Crippen molar-refractivity contribution >= 4 is 11.7 Å². The summed E-state index contributed by atoms with van der Waals surface area (Å²) >= 11 is 0. The van der Waals surface area contributed by atoms with Gasteiger partial charge in [0.1, 0.15) is 24.1 Å². The first-order valence-corrected chi connectivity index (χ1v) is 11.5. The standard InChI is InChI=1S/C25H26F2N4O3/c1-16-8-19-12-30(13-22(16)31(19)23-5-2-17(10-28)11-29-23)24(32)14-34-25(6-7-33-15-25)18-3-4-20(26)21(27)9-18/h2-5,9,11,16,19,22H,6-8,12-15H2,1H3/t16-,19?,22?,25?/m0/s1. The molecule has 1 amide bonds. The molecule has 4 heterocycles. The second-order valence-corrected chi connectivity index (χ2v) is 9.37. The highest BCUT2D eigenvalue weighted by molar-refractivity contribution is 5.78. The summed E-state index contributed by atoms with van der Waals surface area (Å²) in [6.45, 7) is 3.73. The van der Waals surface area contributed by atoms with Crippen LogP contribution in [0.15, 0.2) is 36.5 Å². The Balaban J connectivity index is 1.27. The van der Waals surface area contributed by atoms with Gasteiger partial charge in [0.05, 0.1) is 18.2 Å². The zero-order chi connectivity index (χ0) is 23.9. The molecule has 0 N–H and O–H groups in total. The Labute approximate surface area is 196 Å². The number of rotatable bonds is 5. The van der Waals surface area contributed by atoms with Crippen LogP contribution < -0.4 is 4.90 Å². The number of piperazine rings is 1. The van der Waals surface area contributed by atoms with E-state index in [2.05, 4.69) is 22.9 Å². The topological polar surface area (TPSA) is 78.7 Å². The predicted octanol–water partition coefficient (Wildman–Crippen LogP) is 2.99. The van der Waals surface area contributed by atoms with E-state index >= 15 is 0 Å². The van der Waals surface area contributed by atoms with E-state index in [4.69, 9.17) is 14.7 Å². The van der Waals surface area contributed by atoms with Gasteiger partial charge in [0.25, 0.3) is 0 Å². The lowest BCUT2D eigenvalue weighted by atomic mass is 9.92. The van der Waals surface area contributed by atoms with Gasteiger partial charge in [-0.25, -0.2) is 13.8 Å². The van der Waals surface area contributed by atoms with Gasteiger partial charge in [-0.3, -0.25) is 4.79 Å². The third-order valence-corrected chi connectivity index (χ3v) is 7.29. The summed E-state index contributed by atoms with van der Waals surface area (Å²) in [5, 5.41) is 9.04. The average Bonchev–Trinajstić information content (AvgIpc) is 3.40. The fourth-order valence-electron chi connectivity index (χ4n) is 5.44. The molecule has 3 fully saturated rings. The summed E-state index contributed by atoms with van der Waals surface area (Å²) in [5.74, 6) is -0.796. The molecule has 3 aliphatic heterocycles. The van der Waals surface area contributed by atoms with Crippen molar-refractivity contribution in [3.05, 3.63) is 59.3 Å². The highest BCUT2D eigenvalue weighted by Gasteiger charge is 2.46. The number of nitrogens with zero attached hydrogens (tertiary/aromatic N) is 4. The van der Waals surface area contributed by atoms with E-state index in [0.29, 0.717) is 43.2 Å². The van der Waals surface area contributed by atoms with Crippen molar-refractivity contribution < 1.29 is 23.0 Å². The predicted molar refractivity (Wildman–Crippen MR) is 119 cm³/mol. The van der Waals surface area contributed by atoms with E-state index in [9.17, 15) is 13.6 Å². The molecule has 34 heavy (non-hydrogen) atoms. The first-order valence-electron chi connectivity index (χ1n) is 11.5. The molecular weight excluding hydrogens is 442 g/mol. The highest BCUT2D eigenvalue weighted by Crippen LogP contribution is 2.38. The molecule has 3 aliphatic rings. The SMILES string of the molecule is C[C@H]1CC2CN(C(=O)COC3(c4ccc(F)c(F)c4)CCOC3)CC1N2c1ccc(C#N)cn1. The Kier molecular flexibility index (Phi) is 5.96. The van der Waals surface area contributed by atoms with Gasteiger partial charge in [0.15, 0.2) is 11.6 Å². The molecule has 0 radical (unpaired) electrons. The van der Waals surface area contributed by atoms with Crippen LogP contribution in [-0.4, -0.2) is 60.8 Å². The van der Waals surface area contributed by atoms with E-state index < -0.39 is 17.2 Å². The third kappa shape index (κ3) is 4.01. The van der Waals surface area contributed by atoms with Crippen molar-refractivity contribution in [2.24, 2.45) is 5.92 Å². The lowest BCUT2D eigenvalue weighted by molar-refractivity contribution is -0.145. The molecule has 2 aromatic rings. The largest absolute Gasteiger partial charge is 0.378 e. The Bertz CT molecular complexity index is 1110. The van der Waals surface area contributed by atoms with Crippen LogP contribution in [0.4, 0.5) is 14.6 Å². The van der Waals surface area contributed by atoms with Crippen LogP contribution in [0.25, 0.3) is 0 Å². The van der Waals surface area contributed by atoms with Gasteiger partial charge in [-0.1, -0.05) is 13.0 Å². The van der Waals surface area contributed by atoms with Gasteiger partial charge in [-0.2, -0.15) is 5.26 Å². The molecule has 3 saturated heterocycles. The number of benzene rings is 1. The van der Waals surface area contributed by atoms with E-state index in [1.807, 2.05) is 11.0 Å². The molecule has 1 aromatic heterocycles. The van der Waals surface area contributed by atoms with E-state index in [1.54, 1.807) is 12.3 Å². The molecule has 4 atom stereocenters. The van der Waals surface area contributed by atoms with Crippen LogP contribution in [-0.2, 0) is 19.9 Å². The normalized spacial score (nSPS) is 28.2. The molecule has 7 nitrogen and oxygen atoms in total. The summed E-state index contributed by atoms with van der Waals surface area (Å²) in [5.41, 5.74) is 0.0214. The fourth-order valence-corrected chi connectivity index (χ4v) is 5.44. The maximum Gasteiger partial charge on any atom is 0.248 e. The van der Waals surface area contributed by atoms with Crippen LogP contribution in [0, 0.1) is 28.9 Å². The number of hydrogen-bond donors (Lipinski definition) is 0. The number of carbonyl (C=O) groups is 1. The van der Waals surface area contributed by atoms with Gasteiger partial charge in [-0.15, -0.1) is 0 Å². The van der Waals surface area contributed by atoms with Gasteiger partial charge in [-0.05, 0) is 42.2 Å². The summed E-state index contributed by atoms with van der Waals surface area (Å²) in [7, 11) is 0. The monoisotopic (exact) mass is 468 g/mol. The van der Waals surface area contributed by atoms with Crippen molar-refractivity contribution in [1.29, 1.82) is 5.26 Å². The second-order valence-electron chi connectivity index (χ2n) is 9.37. The fraction of sp³-hybridized carbons (Fsp3) is 0.480. The number of aromatic nitrogens is 1. The number of halogens is 2. The van der Waals surface area contributed by atoms with Crippen molar-refractivity contribution in [2.75, 3.05) is 37.8 Å². The first-order chi connectivity index (χ1) is 16.4. The lowest BCUT2D eigenvalue weighted by Crippen LogP contribution is -2.57.